The third-order valence-electron chi connectivity index (χ3n) is 5.92. The van der Waals surface area contributed by atoms with E-state index in [9.17, 15) is 14.7 Å². The Bertz CT molecular complexity index is 1040. The fourth-order valence-corrected chi connectivity index (χ4v) is 4.71. The summed E-state index contributed by atoms with van der Waals surface area (Å²) in [7, 11) is 0. The van der Waals surface area contributed by atoms with Crippen LogP contribution in [0.3, 0.4) is 0 Å². The molecule has 0 saturated carbocycles. The monoisotopic (exact) mass is 479 g/mol. The number of amides is 1. The summed E-state index contributed by atoms with van der Waals surface area (Å²) >= 11 is 6.23. The molecule has 0 spiro atoms. The molecule has 7 nitrogen and oxygen atoms in total. The second-order valence-corrected chi connectivity index (χ2v) is 9.74. The third kappa shape index (κ3) is 5.72. The van der Waals surface area contributed by atoms with E-state index in [1.54, 1.807) is 27.0 Å². The van der Waals surface area contributed by atoms with Gasteiger partial charge in [-0.15, -0.1) is 0 Å². The van der Waals surface area contributed by atoms with E-state index in [1.165, 1.54) is 10.5 Å². The summed E-state index contributed by atoms with van der Waals surface area (Å²) in [5, 5.41) is 12.6. The van der Waals surface area contributed by atoms with Gasteiger partial charge in [0.25, 0.3) is 0 Å². The van der Waals surface area contributed by atoms with E-state index >= 15 is 0 Å². The molecule has 2 aliphatic rings. The van der Waals surface area contributed by atoms with E-state index < -0.39 is 23.7 Å². The number of aliphatic carboxylic acids is 1. The Kier molecular flexibility index (Phi) is 8.12. The molecule has 0 N–H and O–H groups in total. The van der Waals surface area contributed by atoms with Crippen molar-refractivity contribution in [3.8, 4) is 0 Å². The van der Waals surface area contributed by atoms with Crippen LogP contribution >= 0.6 is 11.6 Å². The summed E-state index contributed by atoms with van der Waals surface area (Å²) in [6.45, 7) is 6.08. The number of carbonyl (C=O) groups is 2. The second-order valence-electron chi connectivity index (χ2n) is 9.30. The molecule has 2 heterocycles. The Morgan fingerprint density at radius 2 is 1.85 bits per heavy atom. The molecule has 0 bridgehead atoms. The maximum atomic E-state index is 12.7. The van der Waals surface area contributed by atoms with E-state index in [0.29, 0.717) is 11.6 Å². The molecule has 1 fully saturated rings. The maximum absolute atomic E-state index is 12.7. The summed E-state index contributed by atoms with van der Waals surface area (Å²) < 4.78 is 5.43. The third-order valence-corrected chi connectivity index (χ3v) is 6.12. The maximum Gasteiger partial charge on any atom is 1.00 e. The number of benzene rings is 1. The number of carbonyl (C=O) groups excluding carboxylic acids is 2. The molecule has 170 valence electrons. The summed E-state index contributed by atoms with van der Waals surface area (Å²) in [4.78, 5) is 32.7. The summed E-state index contributed by atoms with van der Waals surface area (Å²) in [5.41, 5.74) is 3.52. The number of hydrogen-bond donors (Lipinski definition) is 0. The summed E-state index contributed by atoms with van der Waals surface area (Å²) in [6.07, 6.45) is 2.65. The number of aromatic nitrogens is 1. The predicted molar refractivity (Wildman–Crippen MR) is 118 cm³/mol. The van der Waals surface area contributed by atoms with Gasteiger partial charge in [-0.25, -0.2) is 4.79 Å². The Hall–Kier alpha value is -1.64. The van der Waals surface area contributed by atoms with E-state index in [4.69, 9.17) is 16.3 Å². The van der Waals surface area contributed by atoms with Gasteiger partial charge in [0.1, 0.15) is 5.60 Å². The number of aryl methyl sites for hydroxylation is 2. The van der Waals surface area contributed by atoms with Crippen LogP contribution in [0, 0.1) is 0 Å². The number of carboxylic acid groups (broad SMARTS) is 1. The van der Waals surface area contributed by atoms with Gasteiger partial charge in [0, 0.05) is 25.8 Å². The van der Waals surface area contributed by atoms with Crippen LogP contribution in [0.5, 0.6) is 0 Å². The zero-order valence-corrected chi connectivity index (χ0v) is 22.3. The smallest absolute Gasteiger partial charge is 0.548 e. The zero-order chi connectivity index (χ0) is 23.0. The van der Waals surface area contributed by atoms with Crippen LogP contribution in [0.15, 0.2) is 36.5 Å². The van der Waals surface area contributed by atoms with Gasteiger partial charge >= 0.3 is 35.7 Å². The van der Waals surface area contributed by atoms with Gasteiger partial charge < -0.3 is 14.6 Å². The molecule has 1 aromatic carbocycles. The fraction of sp³-hybridized carbons (Fsp3) is 0.458. The average Bonchev–Trinajstić information content (AvgIpc) is 2.88. The molecule has 1 unspecified atom stereocenters. The summed E-state index contributed by atoms with van der Waals surface area (Å²) in [5.74, 6) is -1.30. The number of nitrogens with zero attached hydrogens (tertiary/aromatic N) is 3. The SMILES string of the molecule is CC(C)(C)OC(=O)N1CCN(C2c3ccccc3CCc3cc(Cl)cnc32)C[C@@H]1C(=O)[O-].[Na+]. The molecule has 1 aliphatic carbocycles. The standard InChI is InChI=1S/C24H28ClN3O4.Na/c1-24(2,3)32-23(31)28-11-10-27(14-19(28)22(29)30)21-18-7-5-4-6-15(18)8-9-16-12-17(25)13-26-20(16)21;/h4-7,12-13,19,21H,8-11,14H2,1-3H3,(H,29,30);/q;+1/p-1/t19-,21?;/m1./s1. The molecule has 9 heteroatoms. The van der Waals surface area contributed by atoms with Gasteiger partial charge in [-0.3, -0.25) is 14.8 Å². The van der Waals surface area contributed by atoms with Gasteiger partial charge in [0.2, 0.25) is 0 Å². The number of fused-ring (bicyclic) bond motifs is 2. The van der Waals surface area contributed by atoms with Gasteiger partial charge in [-0.05, 0) is 56.4 Å². The largest absolute Gasteiger partial charge is 1.00 e. The molecule has 33 heavy (non-hydrogen) atoms. The van der Waals surface area contributed by atoms with Crippen LogP contribution in [0.4, 0.5) is 4.79 Å². The van der Waals surface area contributed by atoms with Crippen LogP contribution in [-0.4, -0.2) is 58.1 Å². The van der Waals surface area contributed by atoms with Crippen LogP contribution in [0.2, 0.25) is 5.02 Å². The first kappa shape index (κ1) is 26.0. The molecule has 1 amide bonds. The summed E-state index contributed by atoms with van der Waals surface area (Å²) in [6, 6.07) is 8.75. The molecular formula is C24H27ClN3NaO4. The first-order valence-corrected chi connectivity index (χ1v) is 11.2. The topological polar surface area (TPSA) is 85.8 Å². The Morgan fingerprint density at radius 3 is 2.55 bits per heavy atom. The van der Waals surface area contributed by atoms with Gasteiger partial charge in [-0.2, -0.15) is 0 Å². The molecule has 4 rings (SSSR count). The number of rotatable bonds is 2. The Labute approximate surface area is 221 Å². The fourth-order valence-electron chi connectivity index (χ4n) is 4.53. The van der Waals surface area contributed by atoms with Crippen molar-refractivity contribution in [2.24, 2.45) is 0 Å². The van der Waals surface area contributed by atoms with Crippen molar-refractivity contribution in [2.75, 3.05) is 19.6 Å². The van der Waals surface area contributed by atoms with Crippen molar-refractivity contribution in [1.82, 2.24) is 14.8 Å². The minimum Gasteiger partial charge on any atom is -0.548 e. The Balaban J connectivity index is 0.00000306. The number of ether oxygens (including phenoxy) is 1. The van der Waals surface area contributed by atoms with Crippen LogP contribution in [0.25, 0.3) is 0 Å². The van der Waals surface area contributed by atoms with E-state index in [2.05, 4.69) is 22.0 Å². The van der Waals surface area contributed by atoms with Crippen molar-refractivity contribution in [1.29, 1.82) is 0 Å². The first-order chi connectivity index (χ1) is 15.1. The van der Waals surface area contributed by atoms with Gasteiger partial charge in [0.05, 0.1) is 28.8 Å². The first-order valence-electron chi connectivity index (χ1n) is 10.8. The molecular weight excluding hydrogens is 453 g/mol. The molecule has 1 saturated heterocycles. The van der Waals surface area contributed by atoms with Crippen LogP contribution in [-0.2, 0) is 22.4 Å². The van der Waals surface area contributed by atoms with Crippen LogP contribution < -0.4 is 34.7 Å². The van der Waals surface area contributed by atoms with E-state index in [-0.39, 0.29) is 48.7 Å². The van der Waals surface area contributed by atoms with Crippen LogP contribution in [0.1, 0.15) is 49.2 Å². The quantitative estimate of drug-likeness (QED) is 0.545. The van der Waals surface area contributed by atoms with E-state index in [0.717, 1.165) is 29.7 Å². The molecule has 2 aromatic rings. The van der Waals surface area contributed by atoms with Gasteiger partial charge in [0.15, 0.2) is 0 Å². The number of carboxylic acids is 1. The average molecular weight is 480 g/mol. The number of pyridine rings is 1. The van der Waals surface area contributed by atoms with Crippen molar-refractivity contribution in [2.45, 2.75) is 51.3 Å². The molecule has 2 atom stereocenters. The van der Waals surface area contributed by atoms with Crippen molar-refractivity contribution < 1.29 is 49.0 Å². The van der Waals surface area contributed by atoms with Crippen molar-refractivity contribution in [3.05, 3.63) is 63.9 Å². The van der Waals surface area contributed by atoms with Crippen molar-refractivity contribution >= 4 is 23.7 Å². The van der Waals surface area contributed by atoms with Crippen molar-refractivity contribution in [3.63, 3.8) is 0 Å². The minimum atomic E-state index is -1.30. The second kappa shape index (κ2) is 10.3. The molecule has 1 aromatic heterocycles. The molecule has 0 radical (unpaired) electrons. The predicted octanol–water partition coefficient (Wildman–Crippen LogP) is -0.402. The Morgan fingerprint density at radius 1 is 1.15 bits per heavy atom. The van der Waals surface area contributed by atoms with Gasteiger partial charge in [-0.1, -0.05) is 35.9 Å². The molecule has 1 aliphatic heterocycles. The number of halogens is 1. The normalized spacial score (nSPS) is 20.7. The van der Waals surface area contributed by atoms with E-state index in [1.807, 2.05) is 18.2 Å². The number of piperazine rings is 1. The zero-order valence-electron chi connectivity index (χ0n) is 19.5. The number of hydrogen-bond acceptors (Lipinski definition) is 6. The minimum absolute atomic E-state index is 0.